The second-order valence-electron chi connectivity index (χ2n) is 4.61. The number of carbonyl (C=O) groups excluding carboxylic acids is 1. The predicted molar refractivity (Wildman–Crippen MR) is 73.7 cm³/mol. The molecule has 0 saturated carbocycles. The first kappa shape index (κ1) is 16.8. The van der Waals surface area contributed by atoms with Crippen molar-refractivity contribution in [1.82, 2.24) is 10.3 Å². The molecule has 7 heteroatoms. The quantitative estimate of drug-likeness (QED) is 0.793. The van der Waals surface area contributed by atoms with Gasteiger partial charge in [-0.25, -0.2) is 18.2 Å². The lowest BCUT2D eigenvalue weighted by Crippen LogP contribution is -2.44. The number of nitrogens with zero attached hydrogens (tertiary/aromatic N) is 1. The van der Waals surface area contributed by atoms with E-state index in [0.29, 0.717) is 6.42 Å². The number of carbonyl (C=O) groups is 1. The third-order valence-electron chi connectivity index (χ3n) is 2.94. The number of amides is 1. The summed E-state index contributed by atoms with van der Waals surface area (Å²) >= 11 is 0. The van der Waals surface area contributed by atoms with Crippen LogP contribution >= 0.6 is 0 Å². The van der Waals surface area contributed by atoms with Crippen molar-refractivity contribution in [3.05, 3.63) is 23.6 Å². The molecule has 0 fully saturated rings. The van der Waals surface area contributed by atoms with Crippen LogP contribution in [0.25, 0.3) is 0 Å². The Bertz CT molecular complexity index is 557. The fourth-order valence-electron chi connectivity index (χ4n) is 1.47. The van der Waals surface area contributed by atoms with Gasteiger partial charge in [-0.1, -0.05) is 12.8 Å². The summed E-state index contributed by atoms with van der Waals surface area (Å²) < 4.78 is 37.7. The smallest absolute Gasteiger partial charge is 0.256 e. The van der Waals surface area contributed by atoms with E-state index in [0.717, 1.165) is 12.3 Å². The molecule has 0 saturated heterocycles. The predicted octanol–water partition coefficient (Wildman–Crippen LogP) is 2.43. The molecular weight excluding hydrogens is 283 g/mol. The van der Waals surface area contributed by atoms with Gasteiger partial charge in [0, 0.05) is 0 Å². The molecule has 0 aliphatic rings. The summed E-state index contributed by atoms with van der Waals surface area (Å²) in [6, 6.07) is 0.919. The molecule has 0 radical (unpaired) electrons. The maximum atomic E-state index is 13.2. The largest absolute Gasteiger partial charge is 0.364 e. The molecule has 4 nitrogen and oxygen atoms in total. The molecule has 1 atom stereocenters. The minimum atomic E-state index is -2.63. The Balaban J connectivity index is 3.02. The fraction of sp³-hybridized carbons (Fsp3) is 0.429. The molecule has 1 aromatic rings. The standard InChI is InChI=1S/C14H16F3N3O/c1-4-14(3,5-2)20-13(21)10-6-9(15)7-18-12(10)19-8-11(16)17/h1,6-7,11H,5,8H2,2-3H3,(H,18,19)(H,20,21). The molecule has 0 spiro atoms. The number of aromatic nitrogens is 1. The summed E-state index contributed by atoms with van der Waals surface area (Å²) in [6.45, 7) is 2.71. The van der Waals surface area contributed by atoms with Gasteiger partial charge in [-0.3, -0.25) is 4.79 Å². The van der Waals surface area contributed by atoms with Gasteiger partial charge in [0.05, 0.1) is 23.8 Å². The van der Waals surface area contributed by atoms with E-state index in [9.17, 15) is 18.0 Å². The van der Waals surface area contributed by atoms with E-state index in [4.69, 9.17) is 6.42 Å². The molecular formula is C14H16F3N3O. The number of terminal acetylenes is 1. The Kier molecular flexibility index (Phi) is 5.59. The lowest BCUT2D eigenvalue weighted by molar-refractivity contribution is 0.0923. The summed E-state index contributed by atoms with van der Waals surface area (Å²) in [6.07, 6.45) is 4.01. The highest BCUT2D eigenvalue weighted by molar-refractivity contribution is 5.99. The number of halogens is 3. The molecule has 2 N–H and O–H groups in total. The van der Waals surface area contributed by atoms with E-state index in [1.54, 1.807) is 13.8 Å². The van der Waals surface area contributed by atoms with Crippen molar-refractivity contribution in [3.63, 3.8) is 0 Å². The zero-order valence-electron chi connectivity index (χ0n) is 11.7. The van der Waals surface area contributed by atoms with Crippen molar-refractivity contribution < 1.29 is 18.0 Å². The Morgan fingerprint density at radius 2 is 2.24 bits per heavy atom. The highest BCUT2D eigenvalue weighted by Crippen LogP contribution is 2.16. The normalized spacial score (nSPS) is 13.4. The maximum Gasteiger partial charge on any atom is 0.256 e. The molecule has 1 amide bonds. The van der Waals surface area contributed by atoms with Gasteiger partial charge in [0.2, 0.25) is 0 Å². The first-order valence-electron chi connectivity index (χ1n) is 6.29. The van der Waals surface area contributed by atoms with Gasteiger partial charge in [0.25, 0.3) is 12.3 Å². The summed E-state index contributed by atoms with van der Waals surface area (Å²) in [7, 11) is 0. The summed E-state index contributed by atoms with van der Waals surface area (Å²) in [5, 5.41) is 4.86. The molecule has 1 rings (SSSR count). The van der Waals surface area contributed by atoms with E-state index in [-0.39, 0.29) is 11.4 Å². The van der Waals surface area contributed by atoms with Crippen molar-refractivity contribution in [2.24, 2.45) is 0 Å². The molecule has 1 unspecified atom stereocenters. The van der Waals surface area contributed by atoms with Crippen LogP contribution in [-0.2, 0) is 0 Å². The Morgan fingerprint density at radius 1 is 1.57 bits per heavy atom. The van der Waals surface area contributed by atoms with Crippen LogP contribution in [0.15, 0.2) is 12.3 Å². The molecule has 1 heterocycles. The van der Waals surface area contributed by atoms with Gasteiger partial charge >= 0.3 is 0 Å². The van der Waals surface area contributed by atoms with Crippen LogP contribution in [0.4, 0.5) is 19.0 Å². The van der Waals surface area contributed by atoms with Gasteiger partial charge < -0.3 is 10.6 Å². The van der Waals surface area contributed by atoms with E-state index in [1.165, 1.54) is 0 Å². The van der Waals surface area contributed by atoms with Crippen molar-refractivity contribution in [3.8, 4) is 12.3 Å². The third kappa shape index (κ3) is 4.67. The van der Waals surface area contributed by atoms with E-state index in [2.05, 4.69) is 21.5 Å². The number of alkyl halides is 2. The Morgan fingerprint density at radius 3 is 2.76 bits per heavy atom. The summed E-state index contributed by atoms with van der Waals surface area (Å²) in [5.41, 5.74) is -1.09. The summed E-state index contributed by atoms with van der Waals surface area (Å²) in [5.74, 6) is 0.878. The summed E-state index contributed by atoms with van der Waals surface area (Å²) in [4.78, 5) is 15.8. The monoisotopic (exact) mass is 299 g/mol. The van der Waals surface area contributed by atoms with Crippen LogP contribution in [0.1, 0.15) is 30.6 Å². The van der Waals surface area contributed by atoms with Crippen LogP contribution in [-0.4, -0.2) is 29.4 Å². The molecule has 114 valence electrons. The highest BCUT2D eigenvalue weighted by Gasteiger charge is 2.24. The topological polar surface area (TPSA) is 54.0 Å². The average Bonchev–Trinajstić information content (AvgIpc) is 2.45. The second-order valence-corrected chi connectivity index (χ2v) is 4.61. The number of hydrogen-bond acceptors (Lipinski definition) is 3. The van der Waals surface area contributed by atoms with Crippen molar-refractivity contribution in [1.29, 1.82) is 0 Å². The zero-order valence-corrected chi connectivity index (χ0v) is 11.7. The minimum absolute atomic E-state index is 0.121. The van der Waals surface area contributed by atoms with Crippen molar-refractivity contribution >= 4 is 11.7 Å². The number of anilines is 1. The number of nitrogens with one attached hydrogen (secondary N) is 2. The minimum Gasteiger partial charge on any atom is -0.364 e. The second kappa shape index (κ2) is 6.97. The fourth-order valence-corrected chi connectivity index (χ4v) is 1.47. The lowest BCUT2D eigenvalue weighted by atomic mass is 9.99. The Hall–Kier alpha value is -2.23. The van der Waals surface area contributed by atoms with E-state index >= 15 is 0 Å². The van der Waals surface area contributed by atoms with Gasteiger partial charge in [-0.15, -0.1) is 6.42 Å². The van der Waals surface area contributed by atoms with Crippen LogP contribution < -0.4 is 10.6 Å². The molecule has 0 aromatic carbocycles. The van der Waals surface area contributed by atoms with Crippen LogP contribution in [0, 0.1) is 18.2 Å². The molecule has 0 bridgehead atoms. The van der Waals surface area contributed by atoms with Gasteiger partial charge in [0.1, 0.15) is 11.6 Å². The van der Waals surface area contributed by atoms with Gasteiger partial charge in [-0.2, -0.15) is 0 Å². The van der Waals surface area contributed by atoms with Crippen molar-refractivity contribution in [2.75, 3.05) is 11.9 Å². The lowest BCUT2D eigenvalue weighted by Gasteiger charge is -2.24. The molecule has 0 aliphatic heterocycles. The number of pyridine rings is 1. The molecule has 0 aliphatic carbocycles. The van der Waals surface area contributed by atoms with Crippen LogP contribution in [0.5, 0.6) is 0 Å². The zero-order chi connectivity index (χ0) is 16.0. The highest BCUT2D eigenvalue weighted by atomic mass is 19.3. The van der Waals surface area contributed by atoms with E-state index in [1.807, 2.05) is 0 Å². The average molecular weight is 299 g/mol. The maximum absolute atomic E-state index is 13.2. The van der Waals surface area contributed by atoms with Gasteiger partial charge in [-0.05, 0) is 19.4 Å². The van der Waals surface area contributed by atoms with Gasteiger partial charge in [0.15, 0.2) is 0 Å². The van der Waals surface area contributed by atoms with E-state index < -0.39 is 30.2 Å². The number of hydrogen-bond donors (Lipinski definition) is 2. The molecule has 21 heavy (non-hydrogen) atoms. The van der Waals surface area contributed by atoms with Crippen LogP contribution in [0.3, 0.4) is 0 Å². The first-order valence-corrected chi connectivity index (χ1v) is 6.29. The number of rotatable bonds is 6. The first-order chi connectivity index (χ1) is 9.81. The van der Waals surface area contributed by atoms with Crippen LogP contribution in [0.2, 0.25) is 0 Å². The SMILES string of the molecule is C#CC(C)(CC)NC(=O)c1cc(F)cnc1NCC(F)F. The van der Waals surface area contributed by atoms with Crippen molar-refractivity contribution in [2.45, 2.75) is 32.2 Å². The third-order valence-corrected chi connectivity index (χ3v) is 2.94. The Labute approximate surface area is 121 Å². The molecule has 1 aromatic heterocycles.